The molecule has 0 aromatic heterocycles. The molecule has 0 spiro atoms. The van der Waals surface area contributed by atoms with Gasteiger partial charge in [0.25, 0.3) is 0 Å². The van der Waals surface area contributed by atoms with Crippen LogP contribution >= 0.6 is 0 Å². The van der Waals surface area contributed by atoms with Crippen molar-refractivity contribution >= 4 is 0 Å². The molecule has 0 aliphatic heterocycles. The summed E-state index contributed by atoms with van der Waals surface area (Å²) >= 11 is 0. The van der Waals surface area contributed by atoms with Gasteiger partial charge in [-0.25, -0.2) is 9.78 Å². The summed E-state index contributed by atoms with van der Waals surface area (Å²) in [6.07, 6.45) is 3.83. The maximum absolute atomic E-state index is 5.37. The third-order valence-corrected chi connectivity index (χ3v) is 2.14. The molecule has 0 aliphatic rings. The van der Waals surface area contributed by atoms with Crippen molar-refractivity contribution in [3.8, 4) is 0 Å². The van der Waals surface area contributed by atoms with Gasteiger partial charge < -0.3 is 0 Å². The van der Waals surface area contributed by atoms with Crippen LogP contribution < -0.4 is 0 Å². The molecule has 0 saturated carbocycles. The molecule has 0 N–H and O–H groups in total. The molecule has 82 valence electrons. The van der Waals surface area contributed by atoms with E-state index in [9.17, 15) is 0 Å². The van der Waals surface area contributed by atoms with Gasteiger partial charge in [0, 0.05) is 0 Å². The summed E-state index contributed by atoms with van der Waals surface area (Å²) in [6.45, 7) is 6.40. The fourth-order valence-corrected chi connectivity index (χ4v) is 1.20. The standard InChI is InChI=1S/C13H18O2/c1-4-5-11-14-15-13(2,3)12-9-7-6-8-10-12/h4-10H,11H2,1-3H3. The second kappa shape index (κ2) is 5.69. The van der Waals surface area contributed by atoms with Gasteiger partial charge in [-0.05, 0) is 26.3 Å². The Morgan fingerprint density at radius 1 is 1.20 bits per heavy atom. The summed E-state index contributed by atoms with van der Waals surface area (Å²) in [7, 11) is 0. The average Bonchev–Trinajstić information content (AvgIpc) is 2.26. The first-order valence-electron chi connectivity index (χ1n) is 5.14. The lowest BCUT2D eigenvalue weighted by Gasteiger charge is -2.23. The van der Waals surface area contributed by atoms with E-state index in [0.717, 1.165) is 5.56 Å². The van der Waals surface area contributed by atoms with Crippen molar-refractivity contribution in [2.24, 2.45) is 0 Å². The molecule has 0 unspecified atom stereocenters. The molecule has 0 amide bonds. The molecule has 2 heteroatoms. The van der Waals surface area contributed by atoms with E-state index in [1.807, 2.05) is 63.3 Å². The van der Waals surface area contributed by atoms with Crippen molar-refractivity contribution < 1.29 is 9.78 Å². The van der Waals surface area contributed by atoms with Crippen molar-refractivity contribution in [2.75, 3.05) is 6.61 Å². The molecule has 0 atom stereocenters. The van der Waals surface area contributed by atoms with E-state index >= 15 is 0 Å². The van der Waals surface area contributed by atoms with Gasteiger partial charge in [0.15, 0.2) is 0 Å². The van der Waals surface area contributed by atoms with Gasteiger partial charge in [-0.3, -0.25) is 0 Å². The Bertz CT molecular complexity index is 302. The summed E-state index contributed by atoms with van der Waals surface area (Å²) in [4.78, 5) is 10.5. The van der Waals surface area contributed by atoms with Crippen LogP contribution in [-0.2, 0) is 15.4 Å². The Labute approximate surface area is 91.5 Å². The van der Waals surface area contributed by atoms with E-state index in [1.54, 1.807) is 0 Å². The number of hydrogen-bond acceptors (Lipinski definition) is 2. The number of hydrogen-bond donors (Lipinski definition) is 0. The maximum atomic E-state index is 5.37. The zero-order chi connectivity index (χ0) is 11.1. The largest absolute Gasteiger partial charge is 0.232 e. The van der Waals surface area contributed by atoms with Gasteiger partial charge in [-0.2, -0.15) is 0 Å². The fourth-order valence-electron chi connectivity index (χ4n) is 1.20. The smallest absolute Gasteiger partial charge is 0.123 e. The lowest BCUT2D eigenvalue weighted by atomic mass is 9.99. The minimum absolute atomic E-state index is 0.414. The van der Waals surface area contributed by atoms with E-state index in [-0.39, 0.29) is 0 Å². The van der Waals surface area contributed by atoms with E-state index < -0.39 is 5.60 Å². The molecule has 0 radical (unpaired) electrons. The number of allylic oxidation sites excluding steroid dienone is 1. The zero-order valence-corrected chi connectivity index (χ0v) is 9.57. The van der Waals surface area contributed by atoms with Gasteiger partial charge in [-0.1, -0.05) is 42.5 Å². The minimum atomic E-state index is -0.414. The van der Waals surface area contributed by atoms with Gasteiger partial charge in [0.1, 0.15) is 12.2 Å². The van der Waals surface area contributed by atoms with Crippen molar-refractivity contribution in [1.82, 2.24) is 0 Å². The maximum Gasteiger partial charge on any atom is 0.123 e. The predicted molar refractivity (Wildman–Crippen MR) is 61.3 cm³/mol. The molecule has 1 aromatic rings. The Kier molecular flexibility index (Phi) is 4.53. The van der Waals surface area contributed by atoms with Crippen molar-refractivity contribution in [1.29, 1.82) is 0 Å². The van der Waals surface area contributed by atoms with Gasteiger partial charge in [-0.15, -0.1) is 0 Å². The van der Waals surface area contributed by atoms with Crippen LogP contribution in [0.2, 0.25) is 0 Å². The zero-order valence-electron chi connectivity index (χ0n) is 9.57. The average molecular weight is 206 g/mol. The molecule has 1 aromatic carbocycles. The Morgan fingerprint density at radius 3 is 2.47 bits per heavy atom. The van der Waals surface area contributed by atoms with Crippen molar-refractivity contribution in [3.63, 3.8) is 0 Å². The lowest BCUT2D eigenvalue weighted by molar-refractivity contribution is -0.351. The normalized spacial score (nSPS) is 12.2. The number of rotatable bonds is 5. The van der Waals surface area contributed by atoms with Crippen LogP contribution in [0.5, 0.6) is 0 Å². The van der Waals surface area contributed by atoms with Crippen LogP contribution in [0.1, 0.15) is 26.3 Å². The SMILES string of the molecule is CC=CCOOC(C)(C)c1ccccc1. The van der Waals surface area contributed by atoms with E-state index in [4.69, 9.17) is 9.78 Å². The fraction of sp³-hybridized carbons (Fsp3) is 0.385. The molecular weight excluding hydrogens is 188 g/mol. The van der Waals surface area contributed by atoms with E-state index in [2.05, 4.69) is 0 Å². The molecule has 0 fully saturated rings. The first-order chi connectivity index (χ1) is 7.17. The highest BCUT2D eigenvalue weighted by atomic mass is 17.2. The molecule has 0 bridgehead atoms. The van der Waals surface area contributed by atoms with Crippen molar-refractivity contribution in [2.45, 2.75) is 26.4 Å². The van der Waals surface area contributed by atoms with Crippen LogP contribution in [0.4, 0.5) is 0 Å². The first kappa shape index (κ1) is 12.0. The highest BCUT2D eigenvalue weighted by Gasteiger charge is 2.21. The molecule has 0 saturated heterocycles. The Balaban J connectivity index is 2.52. The van der Waals surface area contributed by atoms with E-state index in [0.29, 0.717) is 6.61 Å². The van der Waals surface area contributed by atoms with Crippen LogP contribution in [0.15, 0.2) is 42.5 Å². The second-order valence-electron chi connectivity index (χ2n) is 3.81. The van der Waals surface area contributed by atoms with Gasteiger partial charge in [0.2, 0.25) is 0 Å². The molecule has 0 aliphatic carbocycles. The highest BCUT2D eigenvalue weighted by molar-refractivity contribution is 5.20. The molecule has 15 heavy (non-hydrogen) atoms. The Hall–Kier alpha value is -1.12. The van der Waals surface area contributed by atoms with Crippen LogP contribution in [0.25, 0.3) is 0 Å². The highest BCUT2D eigenvalue weighted by Crippen LogP contribution is 2.24. The summed E-state index contributed by atoms with van der Waals surface area (Å²) < 4.78 is 0. The molecule has 2 nitrogen and oxygen atoms in total. The second-order valence-corrected chi connectivity index (χ2v) is 3.81. The summed E-state index contributed by atoms with van der Waals surface area (Å²) in [5.41, 5.74) is 0.688. The quantitative estimate of drug-likeness (QED) is 0.318. The first-order valence-corrected chi connectivity index (χ1v) is 5.14. The molecule has 1 rings (SSSR count). The third kappa shape index (κ3) is 3.86. The van der Waals surface area contributed by atoms with Crippen LogP contribution in [0.3, 0.4) is 0 Å². The van der Waals surface area contributed by atoms with Crippen LogP contribution in [0, 0.1) is 0 Å². The number of benzene rings is 1. The summed E-state index contributed by atoms with van der Waals surface area (Å²) in [5, 5.41) is 0. The topological polar surface area (TPSA) is 18.5 Å². The molecular formula is C13H18O2. The Morgan fingerprint density at radius 2 is 1.87 bits per heavy atom. The third-order valence-electron chi connectivity index (χ3n) is 2.14. The van der Waals surface area contributed by atoms with Gasteiger partial charge in [0.05, 0.1) is 0 Å². The molecule has 0 heterocycles. The summed E-state index contributed by atoms with van der Waals surface area (Å²) in [6, 6.07) is 10.0. The monoisotopic (exact) mass is 206 g/mol. The van der Waals surface area contributed by atoms with Gasteiger partial charge >= 0.3 is 0 Å². The van der Waals surface area contributed by atoms with E-state index in [1.165, 1.54) is 0 Å². The minimum Gasteiger partial charge on any atom is -0.232 e. The van der Waals surface area contributed by atoms with Crippen LogP contribution in [-0.4, -0.2) is 6.61 Å². The van der Waals surface area contributed by atoms with Crippen molar-refractivity contribution in [3.05, 3.63) is 48.0 Å². The summed E-state index contributed by atoms with van der Waals surface area (Å²) in [5.74, 6) is 0. The lowest BCUT2D eigenvalue weighted by Crippen LogP contribution is -2.21. The predicted octanol–water partition coefficient (Wildman–Crippen LogP) is 3.45.